The third-order valence-electron chi connectivity index (χ3n) is 2.33. The van der Waals surface area contributed by atoms with E-state index in [0.717, 1.165) is 15.9 Å². The van der Waals surface area contributed by atoms with Gasteiger partial charge >= 0.3 is 0 Å². The minimum absolute atomic E-state index is 0.255. The number of aryl methyl sites for hydroxylation is 1. The SMILES string of the molecule is Cc1nn(-c2ccccc2Br)c(C)c1O. The van der Waals surface area contributed by atoms with Crippen LogP contribution in [0.25, 0.3) is 5.69 Å². The number of rotatable bonds is 1. The van der Waals surface area contributed by atoms with Crippen LogP contribution < -0.4 is 0 Å². The van der Waals surface area contributed by atoms with Crippen LogP contribution in [0.1, 0.15) is 11.4 Å². The van der Waals surface area contributed by atoms with Crippen molar-refractivity contribution < 1.29 is 5.11 Å². The van der Waals surface area contributed by atoms with Crippen molar-refractivity contribution in [3.8, 4) is 11.4 Å². The van der Waals surface area contributed by atoms with Crippen molar-refractivity contribution in [1.29, 1.82) is 0 Å². The van der Waals surface area contributed by atoms with Gasteiger partial charge in [0.05, 0.1) is 11.4 Å². The van der Waals surface area contributed by atoms with Crippen molar-refractivity contribution in [2.24, 2.45) is 0 Å². The van der Waals surface area contributed by atoms with Gasteiger partial charge in [-0.05, 0) is 41.9 Å². The molecular weight excluding hydrogens is 256 g/mol. The zero-order valence-corrected chi connectivity index (χ0v) is 10.1. The molecule has 3 nitrogen and oxygen atoms in total. The first-order chi connectivity index (χ1) is 7.11. The molecule has 0 saturated heterocycles. The van der Waals surface area contributed by atoms with Crippen LogP contribution in [-0.4, -0.2) is 14.9 Å². The fourth-order valence-electron chi connectivity index (χ4n) is 1.49. The van der Waals surface area contributed by atoms with Crippen molar-refractivity contribution in [1.82, 2.24) is 9.78 Å². The molecule has 1 N–H and O–H groups in total. The summed E-state index contributed by atoms with van der Waals surface area (Å²) in [4.78, 5) is 0. The molecule has 0 radical (unpaired) electrons. The van der Waals surface area contributed by atoms with Gasteiger partial charge in [-0.3, -0.25) is 0 Å². The Balaban J connectivity index is 2.65. The van der Waals surface area contributed by atoms with E-state index in [9.17, 15) is 5.11 Å². The Hall–Kier alpha value is -1.29. The number of aromatic hydroxyl groups is 1. The van der Waals surface area contributed by atoms with E-state index >= 15 is 0 Å². The summed E-state index contributed by atoms with van der Waals surface area (Å²) in [5.41, 5.74) is 2.32. The van der Waals surface area contributed by atoms with Gasteiger partial charge in [-0.2, -0.15) is 5.10 Å². The summed E-state index contributed by atoms with van der Waals surface area (Å²) >= 11 is 3.46. The maximum atomic E-state index is 9.68. The average molecular weight is 267 g/mol. The second kappa shape index (κ2) is 3.70. The highest BCUT2D eigenvalue weighted by molar-refractivity contribution is 9.10. The highest BCUT2D eigenvalue weighted by Crippen LogP contribution is 2.27. The molecule has 0 aliphatic carbocycles. The molecule has 0 atom stereocenters. The zero-order valence-electron chi connectivity index (χ0n) is 8.53. The molecule has 0 spiro atoms. The maximum Gasteiger partial charge on any atom is 0.159 e. The molecule has 0 aliphatic rings. The van der Waals surface area contributed by atoms with Gasteiger partial charge in [0.2, 0.25) is 0 Å². The van der Waals surface area contributed by atoms with E-state index in [2.05, 4.69) is 21.0 Å². The second-order valence-electron chi connectivity index (χ2n) is 3.38. The van der Waals surface area contributed by atoms with E-state index in [1.807, 2.05) is 31.2 Å². The van der Waals surface area contributed by atoms with Crippen LogP contribution in [0.2, 0.25) is 0 Å². The lowest BCUT2D eigenvalue weighted by Gasteiger charge is -2.05. The summed E-state index contributed by atoms with van der Waals surface area (Å²) in [6.07, 6.45) is 0. The molecule has 2 rings (SSSR count). The molecule has 0 aliphatic heterocycles. The average Bonchev–Trinajstić information content (AvgIpc) is 2.47. The van der Waals surface area contributed by atoms with Crippen molar-refractivity contribution in [3.63, 3.8) is 0 Å². The Morgan fingerprint density at radius 2 is 1.93 bits per heavy atom. The molecule has 1 aromatic carbocycles. The summed E-state index contributed by atoms with van der Waals surface area (Å²) in [5.74, 6) is 0.255. The van der Waals surface area contributed by atoms with Gasteiger partial charge in [0.1, 0.15) is 5.69 Å². The smallest absolute Gasteiger partial charge is 0.159 e. The van der Waals surface area contributed by atoms with E-state index < -0.39 is 0 Å². The first-order valence-electron chi connectivity index (χ1n) is 4.61. The number of para-hydroxylation sites is 1. The maximum absolute atomic E-state index is 9.68. The van der Waals surface area contributed by atoms with Gasteiger partial charge in [-0.25, -0.2) is 4.68 Å². The molecule has 0 saturated carbocycles. The topological polar surface area (TPSA) is 38.0 Å². The third-order valence-corrected chi connectivity index (χ3v) is 3.00. The second-order valence-corrected chi connectivity index (χ2v) is 4.24. The summed E-state index contributed by atoms with van der Waals surface area (Å²) in [7, 11) is 0. The standard InChI is InChI=1S/C11H11BrN2O/c1-7-11(15)8(2)14(13-7)10-6-4-3-5-9(10)12/h3-6,15H,1-2H3. The Bertz CT molecular complexity index is 505. The van der Waals surface area contributed by atoms with Crippen LogP contribution in [0.4, 0.5) is 0 Å². The lowest BCUT2D eigenvalue weighted by Crippen LogP contribution is -1.99. The van der Waals surface area contributed by atoms with Gasteiger partial charge in [0.25, 0.3) is 0 Å². The van der Waals surface area contributed by atoms with Gasteiger partial charge < -0.3 is 5.11 Å². The lowest BCUT2D eigenvalue weighted by atomic mass is 10.3. The lowest BCUT2D eigenvalue weighted by molar-refractivity contribution is 0.466. The summed E-state index contributed by atoms with van der Waals surface area (Å²) in [5, 5.41) is 14.0. The molecule has 0 bridgehead atoms. The van der Waals surface area contributed by atoms with Crippen molar-refractivity contribution in [2.75, 3.05) is 0 Å². The van der Waals surface area contributed by atoms with Crippen LogP contribution in [0.5, 0.6) is 5.75 Å². The summed E-state index contributed by atoms with van der Waals surface area (Å²) in [6.45, 7) is 3.63. The first-order valence-corrected chi connectivity index (χ1v) is 5.40. The van der Waals surface area contributed by atoms with E-state index in [1.54, 1.807) is 11.6 Å². The number of benzene rings is 1. The zero-order chi connectivity index (χ0) is 11.0. The number of hydrogen-bond donors (Lipinski definition) is 1. The highest BCUT2D eigenvalue weighted by Gasteiger charge is 2.12. The minimum Gasteiger partial charge on any atom is -0.504 e. The van der Waals surface area contributed by atoms with Crippen molar-refractivity contribution >= 4 is 15.9 Å². The normalized spacial score (nSPS) is 10.6. The Labute approximate surface area is 96.5 Å². The molecule has 78 valence electrons. The van der Waals surface area contributed by atoms with Crippen LogP contribution in [-0.2, 0) is 0 Å². The molecule has 0 amide bonds. The summed E-state index contributed by atoms with van der Waals surface area (Å²) in [6, 6.07) is 7.78. The minimum atomic E-state index is 0.255. The Morgan fingerprint density at radius 3 is 2.47 bits per heavy atom. The van der Waals surface area contributed by atoms with Gasteiger partial charge in [-0.15, -0.1) is 0 Å². The number of nitrogens with zero attached hydrogens (tertiary/aromatic N) is 2. The van der Waals surface area contributed by atoms with E-state index in [-0.39, 0.29) is 5.75 Å². The largest absolute Gasteiger partial charge is 0.504 e. The molecule has 0 fully saturated rings. The van der Waals surface area contributed by atoms with E-state index in [4.69, 9.17) is 0 Å². The molecule has 15 heavy (non-hydrogen) atoms. The van der Waals surface area contributed by atoms with E-state index in [0.29, 0.717) is 5.69 Å². The Kier molecular flexibility index (Phi) is 2.52. The summed E-state index contributed by atoms with van der Waals surface area (Å²) < 4.78 is 2.69. The fourth-order valence-corrected chi connectivity index (χ4v) is 1.95. The predicted molar refractivity (Wildman–Crippen MR) is 62.4 cm³/mol. The molecular formula is C11H11BrN2O. The number of halogens is 1. The monoisotopic (exact) mass is 266 g/mol. The van der Waals surface area contributed by atoms with E-state index in [1.165, 1.54) is 0 Å². The number of hydrogen-bond acceptors (Lipinski definition) is 2. The van der Waals surface area contributed by atoms with Crippen LogP contribution >= 0.6 is 15.9 Å². The number of aromatic nitrogens is 2. The third kappa shape index (κ3) is 1.65. The quantitative estimate of drug-likeness (QED) is 0.862. The highest BCUT2D eigenvalue weighted by atomic mass is 79.9. The van der Waals surface area contributed by atoms with Gasteiger partial charge in [0.15, 0.2) is 5.75 Å². The first kappa shape index (κ1) is 10.2. The molecule has 4 heteroatoms. The predicted octanol–water partition coefficient (Wildman–Crippen LogP) is 2.96. The van der Waals surface area contributed by atoms with Crippen molar-refractivity contribution in [2.45, 2.75) is 13.8 Å². The molecule has 2 aromatic rings. The molecule has 1 heterocycles. The van der Waals surface area contributed by atoms with Crippen LogP contribution in [0.3, 0.4) is 0 Å². The van der Waals surface area contributed by atoms with Crippen LogP contribution in [0, 0.1) is 13.8 Å². The Morgan fingerprint density at radius 1 is 1.27 bits per heavy atom. The van der Waals surface area contributed by atoms with Gasteiger partial charge in [-0.1, -0.05) is 12.1 Å². The fraction of sp³-hybridized carbons (Fsp3) is 0.182. The molecule has 1 aromatic heterocycles. The van der Waals surface area contributed by atoms with Crippen LogP contribution in [0.15, 0.2) is 28.7 Å². The van der Waals surface area contributed by atoms with Gasteiger partial charge in [0, 0.05) is 4.47 Å². The molecule has 0 unspecified atom stereocenters. The van der Waals surface area contributed by atoms with Crippen molar-refractivity contribution in [3.05, 3.63) is 40.1 Å².